The van der Waals surface area contributed by atoms with E-state index < -0.39 is 17.4 Å². The Morgan fingerprint density at radius 2 is 2.12 bits per heavy atom. The summed E-state index contributed by atoms with van der Waals surface area (Å²) in [5.74, 6) is -1.36. The molecule has 1 aromatic rings. The molecule has 4 atom stereocenters. The molecular weight excluding hydrogens is 306 g/mol. The van der Waals surface area contributed by atoms with Crippen LogP contribution in [0.4, 0.5) is 0 Å². The van der Waals surface area contributed by atoms with Gasteiger partial charge in [-0.2, -0.15) is 0 Å². The molecular formula is C19H21NO4. The lowest BCUT2D eigenvalue weighted by molar-refractivity contribution is -0.155. The number of benzene rings is 1. The quantitative estimate of drug-likeness (QED) is 0.626. The van der Waals surface area contributed by atoms with Gasteiger partial charge in [-0.05, 0) is 19.4 Å². The molecule has 2 saturated heterocycles. The maximum atomic E-state index is 12.8. The smallest absolute Gasteiger partial charge is 0.313 e. The molecule has 126 valence electrons. The second-order valence-electron chi connectivity index (χ2n) is 7.05. The van der Waals surface area contributed by atoms with Crippen LogP contribution in [0.15, 0.2) is 42.5 Å². The molecule has 1 amide bonds. The molecule has 24 heavy (non-hydrogen) atoms. The molecule has 0 N–H and O–H groups in total. The molecule has 2 fully saturated rings. The van der Waals surface area contributed by atoms with Crippen LogP contribution >= 0.6 is 0 Å². The largest absolute Gasteiger partial charge is 0.460 e. The molecule has 0 unspecified atom stereocenters. The van der Waals surface area contributed by atoms with Crippen LogP contribution in [0, 0.1) is 11.8 Å². The van der Waals surface area contributed by atoms with E-state index >= 15 is 0 Å². The summed E-state index contributed by atoms with van der Waals surface area (Å²) in [5.41, 5.74) is 0.282. The molecule has 4 rings (SSSR count). The second-order valence-corrected chi connectivity index (χ2v) is 7.05. The lowest BCUT2D eigenvalue weighted by Crippen LogP contribution is -2.40. The van der Waals surface area contributed by atoms with Crippen molar-refractivity contribution in [3.05, 3.63) is 48.0 Å². The predicted octanol–water partition coefficient (Wildman–Crippen LogP) is 1.92. The third-order valence-electron chi connectivity index (χ3n) is 5.25. The van der Waals surface area contributed by atoms with E-state index in [-0.39, 0.29) is 30.6 Å². The number of rotatable bonds is 4. The molecule has 3 aliphatic heterocycles. The van der Waals surface area contributed by atoms with E-state index in [1.807, 2.05) is 56.3 Å². The third-order valence-corrected chi connectivity index (χ3v) is 5.25. The molecule has 1 aromatic carbocycles. The highest BCUT2D eigenvalue weighted by molar-refractivity contribution is 5.91. The number of likely N-dealkylation sites (tertiary alicyclic amines) is 1. The zero-order valence-electron chi connectivity index (χ0n) is 13.8. The van der Waals surface area contributed by atoms with Crippen molar-refractivity contribution in [2.75, 3.05) is 6.54 Å². The highest BCUT2D eigenvalue weighted by Gasteiger charge is 2.67. The molecule has 0 radical (unpaired) electrons. The number of carbonyl (C=O) groups is 2. The van der Waals surface area contributed by atoms with Crippen molar-refractivity contribution in [3.63, 3.8) is 0 Å². The Morgan fingerprint density at radius 1 is 1.38 bits per heavy atom. The van der Waals surface area contributed by atoms with Crippen molar-refractivity contribution in [2.45, 2.75) is 38.2 Å². The minimum atomic E-state index is -0.650. The van der Waals surface area contributed by atoms with Gasteiger partial charge in [0.15, 0.2) is 0 Å². The van der Waals surface area contributed by atoms with Crippen molar-refractivity contribution < 1.29 is 19.1 Å². The van der Waals surface area contributed by atoms with Gasteiger partial charge in [0.1, 0.15) is 18.1 Å². The lowest BCUT2D eigenvalue weighted by Gasteiger charge is -2.24. The van der Waals surface area contributed by atoms with E-state index in [9.17, 15) is 9.59 Å². The van der Waals surface area contributed by atoms with Crippen LogP contribution in [0.25, 0.3) is 0 Å². The first-order valence-corrected chi connectivity index (χ1v) is 8.40. The number of esters is 1. The maximum absolute atomic E-state index is 12.8. The maximum Gasteiger partial charge on any atom is 0.313 e. The topological polar surface area (TPSA) is 55.8 Å². The Kier molecular flexibility index (Phi) is 3.49. The van der Waals surface area contributed by atoms with Crippen molar-refractivity contribution in [1.82, 2.24) is 4.90 Å². The number of hydrogen-bond donors (Lipinski definition) is 0. The molecule has 5 nitrogen and oxygen atoms in total. The second kappa shape index (κ2) is 5.45. The Bertz CT molecular complexity index is 699. The van der Waals surface area contributed by atoms with E-state index in [1.54, 1.807) is 4.90 Å². The number of hydrogen-bond acceptors (Lipinski definition) is 4. The molecule has 0 aliphatic carbocycles. The van der Waals surface area contributed by atoms with Gasteiger partial charge in [0.25, 0.3) is 0 Å². The summed E-state index contributed by atoms with van der Waals surface area (Å²) in [5, 5.41) is 0. The molecule has 5 heteroatoms. The SMILES string of the molecule is CC(C)N1C[C@@]23C=C[C@@H](O2)[C@@H](C(=O)OCc2ccccc2)[C@H]3C1=O. The standard InChI is InChI=1S/C19H21NO4/c1-12(2)20-11-19-9-8-14(24-19)15(16(19)17(20)21)18(22)23-10-13-6-4-3-5-7-13/h3-9,12,14-16H,10-11H2,1-2H3/t14-,15-,16+,19-/m1/s1. The number of fused-ring (bicyclic) bond motifs is 1. The molecule has 1 spiro atoms. The van der Waals surface area contributed by atoms with Crippen LogP contribution in [-0.4, -0.2) is 41.1 Å². The average Bonchev–Trinajstić information content (AvgIpc) is 3.22. The summed E-state index contributed by atoms with van der Waals surface area (Å²) in [6, 6.07) is 9.64. The van der Waals surface area contributed by atoms with E-state index in [2.05, 4.69) is 0 Å². The van der Waals surface area contributed by atoms with Crippen molar-refractivity contribution in [3.8, 4) is 0 Å². The van der Waals surface area contributed by atoms with Crippen molar-refractivity contribution in [1.29, 1.82) is 0 Å². The summed E-state index contributed by atoms with van der Waals surface area (Å²) < 4.78 is 11.5. The first-order valence-electron chi connectivity index (χ1n) is 8.40. The van der Waals surface area contributed by atoms with Gasteiger partial charge in [-0.3, -0.25) is 9.59 Å². The highest BCUT2D eigenvalue weighted by Crippen LogP contribution is 2.52. The molecule has 0 saturated carbocycles. The zero-order chi connectivity index (χ0) is 16.9. The summed E-state index contributed by atoms with van der Waals surface area (Å²) in [4.78, 5) is 27.3. The fraction of sp³-hybridized carbons (Fsp3) is 0.474. The third kappa shape index (κ3) is 2.18. The monoisotopic (exact) mass is 327 g/mol. The molecule has 2 bridgehead atoms. The van der Waals surface area contributed by atoms with Crippen LogP contribution in [0.1, 0.15) is 19.4 Å². The highest BCUT2D eigenvalue weighted by atomic mass is 16.6. The van der Waals surface area contributed by atoms with E-state index in [0.29, 0.717) is 6.54 Å². The van der Waals surface area contributed by atoms with Crippen LogP contribution < -0.4 is 0 Å². The normalized spacial score (nSPS) is 33.4. The van der Waals surface area contributed by atoms with Gasteiger partial charge < -0.3 is 14.4 Å². The number of ether oxygens (including phenoxy) is 2. The van der Waals surface area contributed by atoms with Crippen LogP contribution in [0.5, 0.6) is 0 Å². The van der Waals surface area contributed by atoms with Gasteiger partial charge in [-0.1, -0.05) is 42.5 Å². The van der Waals surface area contributed by atoms with Gasteiger partial charge >= 0.3 is 5.97 Å². The number of carbonyl (C=O) groups excluding carboxylic acids is 2. The predicted molar refractivity (Wildman–Crippen MR) is 86.8 cm³/mol. The minimum absolute atomic E-state index is 0.00138. The number of nitrogens with zero attached hydrogens (tertiary/aromatic N) is 1. The Balaban J connectivity index is 1.52. The fourth-order valence-electron chi connectivity index (χ4n) is 4.06. The first kappa shape index (κ1) is 15.4. The van der Waals surface area contributed by atoms with E-state index in [1.165, 1.54) is 0 Å². The molecule has 3 aliphatic rings. The van der Waals surface area contributed by atoms with Gasteiger partial charge in [0, 0.05) is 6.04 Å². The van der Waals surface area contributed by atoms with Crippen molar-refractivity contribution in [2.24, 2.45) is 11.8 Å². The number of amides is 1. The van der Waals surface area contributed by atoms with E-state index in [0.717, 1.165) is 5.56 Å². The molecule has 0 aromatic heterocycles. The van der Waals surface area contributed by atoms with Crippen LogP contribution in [0.2, 0.25) is 0 Å². The van der Waals surface area contributed by atoms with E-state index in [4.69, 9.17) is 9.47 Å². The Morgan fingerprint density at radius 3 is 2.83 bits per heavy atom. The summed E-state index contributed by atoms with van der Waals surface area (Å²) in [7, 11) is 0. The summed E-state index contributed by atoms with van der Waals surface area (Å²) >= 11 is 0. The average molecular weight is 327 g/mol. The van der Waals surface area contributed by atoms with Gasteiger partial charge in [0.2, 0.25) is 5.91 Å². The molecule has 3 heterocycles. The Labute approximate surface area is 141 Å². The zero-order valence-corrected chi connectivity index (χ0v) is 13.8. The van der Waals surface area contributed by atoms with Gasteiger partial charge in [0.05, 0.1) is 18.6 Å². The Hall–Kier alpha value is -2.14. The van der Waals surface area contributed by atoms with Crippen LogP contribution in [0.3, 0.4) is 0 Å². The first-order chi connectivity index (χ1) is 11.5. The van der Waals surface area contributed by atoms with Crippen LogP contribution in [-0.2, 0) is 25.7 Å². The van der Waals surface area contributed by atoms with Gasteiger partial charge in [-0.25, -0.2) is 0 Å². The minimum Gasteiger partial charge on any atom is -0.460 e. The van der Waals surface area contributed by atoms with Gasteiger partial charge in [-0.15, -0.1) is 0 Å². The fourth-order valence-corrected chi connectivity index (χ4v) is 4.06. The summed E-state index contributed by atoms with van der Waals surface area (Å²) in [6.45, 7) is 4.70. The summed E-state index contributed by atoms with van der Waals surface area (Å²) in [6.07, 6.45) is 3.52. The lowest BCUT2D eigenvalue weighted by atomic mass is 9.77. The van der Waals surface area contributed by atoms with Crippen molar-refractivity contribution >= 4 is 11.9 Å².